The first kappa shape index (κ1) is 17.7. The van der Waals surface area contributed by atoms with Gasteiger partial charge in [-0.15, -0.1) is 0 Å². The number of benzene rings is 1. The van der Waals surface area contributed by atoms with E-state index in [0.717, 1.165) is 6.26 Å². The Morgan fingerprint density at radius 2 is 2.00 bits per heavy atom. The average molecular weight is 343 g/mol. The number of carbonyl (C=O) groups is 1. The van der Waals surface area contributed by atoms with E-state index in [1.165, 1.54) is 25.3 Å². The molecule has 1 saturated heterocycles. The van der Waals surface area contributed by atoms with Crippen molar-refractivity contribution in [3.8, 4) is 5.75 Å². The van der Waals surface area contributed by atoms with Crippen molar-refractivity contribution in [1.29, 1.82) is 0 Å². The molecule has 0 unspecified atom stereocenters. The van der Waals surface area contributed by atoms with Crippen molar-refractivity contribution in [2.75, 3.05) is 33.1 Å². The summed E-state index contributed by atoms with van der Waals surface area (Å²) in [6.07, 6.45) is 1.58. The van der Waals surface area contributed by atoms with Crippen molar-refractivity contribution in [1.82, 2.24) is 5.32 Å². The summed E-state index contributed by atoms with van der Waals surface area (Å²) < 4.78 is 39.5. The molecule has 1 fully saturated rings. The van der Waals surface area contributed by atoms with E-state index < -0.39 is 15.6 Å². The molecular weight excluding hydrogens is 322 g/mol. The van der Waals surface area contributed by atoms with Gasteiger partial charge in [-0.05, 0) is 25.1 Å². The number of hydrogen-bond acceptors (Lipinski definition) is 6. The molecule has 0 spiro atoms. The molecule has 1 aliphatic rings. The number of rotatable bonds is 6. The van der Waals surface area contributed by atoms with Crippen LogP contribution in [-0.4, -0.2) is 53.2 Å². The zero-order valence-electron chi connectivity index (χ0n) is 13.4. The minimum absolute atomic E-state index is 0.0120. The summed E-state index contributed by atoms with van der Waals surface area (Å²) in [5.74, 6) is -0.825. The van der Waals surface area contributed by atoms with Gasteiger partial charge in [0.15, 0.2) is 15.6 Å². The summed E-state index contributed by atoms with van der Waals surface area (Å²) in [5.41, 5.74) is 0.254. The van der Waals surface area contributed by atoms with Crippen LogP contribution in [0.15, 0.2) is 23.1 Å². The normalized spacial score (nSPS) is 17.0. The van der Waals surface area contributed by atoms with E-state index in [-0.39, 0.29) is 22.1 Å². The lowest BCUT2D eigenvalue weighted by atomic mass is 10.2. The monoisotopic (exact) mass is 343 g/mol. The molecule has 128 valence electrons. The lowest BCUT2D eigenvalue weighted by molar-refractivity contribution is -0.145. The van der Waals surface area contributed by atoms with Gasteiger partial charge in [-0.3, -0.25) is 4.79 Å². The molecule has 7 nitrogen and oxygen atoms in total. The molecule has 0 aliphatic carbocycles. The third kappa shape index (κ3) is 4.43. The predicted octanol–water partition coefficient (Wildman–Crippen LogP) is 0.982. The fourth-order valence-corrected chi connectivity index (χ4v) is 3.17. The van der Waals surface area contributed by atoms with E-state index >= 15 is 0 Å². The number of methoxy groups -OCH3 is 1. The van der Waals surface area contributed by atoms with Crippen LogP contribution < -0.4 is 10.1 Å². The maximum atomic E-state index is 12.2. The third-order valence-electron chi connectivity index (χ3n) is 3.59. The number of amides is 1. The molecule has 23 heavy (non-hydrogen) atoms. The highest BCUT2D eigenvalue weighted by Gasteiger charge is 2.30. The Morgan fingerprint density at radius 3 is 2.57 bits per heavy atom. The smallest absolute Gasteiger partial charge is 0.251 e. The molecule has 1 aromatic carbocycles. The van der Waals surface area contributed by atoms with E-state index in [1.54, 1.807) is 0 Å². The molecule has 1 N–H and O–H groups in total. The van der Waals surface area contributed by atoms with Gasteiger partial charge >= 0.3 is 0 Å². The van der Waals surface area contributed by atoms with Crippen LogP contribution in [0, 0.1) is 0 Å². The molecule has 0 bridgehead atoms. The van der Waals surface area contributed by atoms with Gasteiger partial charge in [0.2, 0.25) is 0 Å². The largest absolute Gasteiger partial charge is 0.495 e. The van der Waals surface area contributed by atoms with Crippen LogP contribution in [0.1, 0.15) is 23.7 Å². The van der Waals surface area contributed by atoms with Gasteiger partial charge in [0.1, 0.15) is 10.6 Å². The highest BCUT2D eigenvalue weighted by molar-refractivity contribution is 7.90. The van der Waals surface area contributed by atoms with Gasteiger partial charge in [0.05, 0.1) is 20.3 Å². The minimum atomic E-state index is -3.49. The Morgan fingerprint density at radius 1 is 1.35 bits per heavy atom. The molecule has 0 aromatic heterocycles. The van der Waals surface area contributed by atoms with E-state index in [0.29, 0.717) is 26.2 Å². The SMILES string of the molecule is COc1ccc(C(=O)NCCC2(C)OCCO2)cc1S(C)(=O)=O. The Bertz CT molecular complexity index is 679. The standard InChI is InChI=1S/C15H21NO6S/c1-15(21-8-9-22-15)6-7-16-14(17)11-4-5-12(20-2)13(10-11)23(3,18)19/h4-5,10H,6-9H2,1-3H3,(H,16,17). The van der Waals surface area contributed by atoms with Gasteiger partial charge in [-0.1, -0.05) is 0 Å². The van der Waals surface area contributed by atoms with Crippen molar-refractivity contribution >= 4 is 15.7 Å². The summed E-state index contributed by atoms with van der Waals surface area (Å²) in [7, 11) is -2.11. The van der Waals surface area contributed by atoms with Crippen LogP contribution in [0.3, 0.4) is 0 Å². The second-order valence-electron chi connectivity index (χ2n) is 5.47. The number of carbonyl (C=O) groups excluding carboxylic acids is 1. The summed E-state index contributed by atoms with van der Waals surface area (Å²) in [4.78, 5) is 12.2. The number of ether oxygens (including phenoxy) is 3. The average Bonchev–Trinajstić information content (AvgIpc) is 2.92. The summed E-state index contributed by atoms with van der Waals surface area (Å²) in [6.45, 7) is 3.26. The molecule has 0 radical (unpaired) electrons. The quantitative estimate of drug-likeness (QED) is 0.828. The maximum absolute atomic E-state index is 12.2. The second kappa shape index (κ2) is 6.86. The fourth-order valence-electron chi connectivity index (χ4n) is 2.31. The highest BCUT2D eigenvalue weighted by Crippen LogP contribution is 2.25. The molecule has 1 heterocycles. The lowest BCUT2D eigenvalue weighted by Gasteiger charge is -2.22. The Labute approximate surface area is 135 Å². The van der Waals surface area contributed by atoms with Crippen LogP contribution in [-0.2, 0) is 19.3 Å². The molecule has 0 atom stereocenters. The summed E-state index contributed by atoms with van der Waals surface area (Å²) in [6, 6.07) is 4.30. The highest BCUT2D eigenvalue weighted by atomic mass is 32.2. The van der Waals surface area contributed by atoms with Crippen LogP contribution in [0.5, 0.6) is 5.75 Å². The molecule has 1 amide bonds. The van der Waals surface area contributed by atoms with E-state index in [1.807, 2.05) is 6.92 Å². The minimum Gasteiger partial charge on any atom is -0.495 e. The topological polar surface area (TPSA) is 90.9 Å². The first-order valence-electron chi connectivity index (χ1n) is 7.19. The van der Waals surface area contributed by atoms with E-state index in [2.05, 4.69) is 5.32 Å². The maximum Gasteiger partial charge on any atom is 0.251 e. The first-order valence-corrected chi connectivity index (χ1v) is 9.08. The lowest BCUT2D eigenvalue weighted by Crippen LogP contribution is -2.33. The van der Waals surface area contributed by atoms with Gasteiger partial charge in [0.25, 0.3) is 5.91 Å². The van der Waals surface area contributed by atoms with Gasteiger partial charge < -0.3 is 19.5 Å². The molecule has 1 aromatic rings. The summed E-state index contributed by atoms with van der Waals surface area (Å²) >= 11 is 0. The van der Waals surface area contributed by atoms with Crippen molar-refractivity contribution < 1.29 is 27.4 Å². The molecular formula is C15H21NO6S. The number of hydrogen-bond donors (Lipinski definition) is 1. The molecule has 8 heteroatoms. The third-order valence-corrected chi connectivity index (χ3v) is 4.71. The predicted molar refractivity (Wildman–Crippen MR) is 83.4 cm³/mol. The zero-order chi connectivity index (χ0) is 17.1. The Hall–Kier alpha value is -1.64. The number of nitrogens with one attached hydrogen (secondary N) is 1. The Balaban J connectivity index is 2.05. The van der Waals surface area contributed by atoms with Crippen LogP contribution in [0.4, 0.5) is 0 Å². The van der Waals surface area contributed by atoms with Crippen molar-refractivity contribution in [3.05, 3.63) is 23.8 Å². The van der Waals surface area contributed by atoms with Crippen molar-refractivity contribution in [3.63, 3.8) is 0 Å². The second-order valence-corrected chi connectivity index (χ2v) is 7.46. The van der Waals surface area contributed by atoms with Gasteiger partial charge in [-0.25, -0.2) is 8.42 Å². The Kier molecular flexibility index (Phi) is 5.28. The van der Waals surface area contributed by atoms with Crippen molar-refractivity contribution in [2.45, 2.75) is 24.0 Å². The van der Waals surface area contributed by atoms with E-state index in [9.17, 15) is 13.2 Å². The first-order chi connectivity index (χ1) is 10.7. The molecule has 2 rings (SSSR count). The number of sulfone groups is 1. The zero-order valence-corrected chi connectivity index (χ0v) is 14.2. The van der Waals surface area contributed by atoms with Crippen molar-refractivity contribution in [2.24, 2.45) is 0 Å². The van der Waals surface area contributed by atoms with Gasteiger partial charge in [-0.2, -0.15) is 0 Å². The van der Waals surface area contributed by atoms with Crippen LogP contribution in [0.2, 0.25) is 0 Å². The van der Waals surface area contributed by atoms with Crippen LogP contribution in [0.25, 0.3) is 0 Å². The fraction of sp³-hybridized carbons (Fsp3) is 0.533. The summed E-state index contributed by atoms with van der Waals surface area (Å²) in [5, 5.41) is 2.73. The van der Waals surface area contributed by atoms with E-state index in [4.69, 9.17) is 14.2 Å². The van der Waals surface area contributed by atoms with Crippen LogP contribution >= 0.6 is 0 Å². The van der Waals surface area contributed by atoms with Gasteiger partial charge in [0, 0.05) is 24.8 Å². The molecule has 1 aliphatic heterocycles. The molecule has 0 saturated carbocycles.